The molecule has 6 nitrogen and oxygen atoms in total. The van der Waals surface area contributed by atoms with E-state index in [0.717, 1.165) is 5.56 Å². The van der Waals surface area contributed by atoms with E-state index in [1.54, 1.807) is 36.1 Å². The molecule has 2 heterocycles. The van der Waals surface area contributed by atoms with Gasteiger partial charge >= 0.3 is 0 Å². The first kappa shape index (κ1) is 15.6. The minimum Gasteiger partial charge on any atom is -0.441 e. The average molecular weight is 334 g/mol. The highest BCUT2D eigenvalue weighted by Gasteiger charge is 2.32. The molecule has 1 aliphatic heterocycles. The zero-order chi connectivity index (χ0) is 16.6. The average Bonchev–Trinajstić information content (AvgIpc) is 3.14. The van der Waals surface area contributed by atoms with Crippen molar-refractivity contribution in [2.75, 3.05) is 13.1 Å². The number of carbonyl (C=O) groups excluding carboxylic acids is 2. The predicted octanol–water partition coefficient (Wildman–Crippen LogP) is 2.25. The molecular weight excluding hydrogens is 318 g/mol. The van der Waals surface area contributed by atoms with Crippen LogP contribution in [0.2, 0.25) is 5.02 Å². The third kappa shape index (κ3) is 3.07. The van der Waals surface area contributed by atoms with Crippen molar-refractivity contribution in [3.8, 4) is 11.5 Å². The summed E-state index contributed by atoms with van der Waals surface area (Å²) in [5.74, 6) is -0.0909. The minimum atomic E-state index is -0.376. The first-order valence-electron chi connectivity index (χ1n) is 7.27. The lowest BCUT2D eigenvalue weighted by molar-refractivity contribution is -0.121. The van der Waals surface area contributed by atoms with Crippen LogP contribution in [0.3, 0.4) is 0 Å². The van der Waals surface area contributed by atoms with Gasteiger partial charge in [0, 0.05) is 23.7 Å². The molecule has 2 aromatic rings. The van der Waals surface area contributed by atoms with Gasteiger partial charge in [0.1, 0.15) is 5.76 Å². The number of aryl methyl sites for hydroxylation is 1. The molecule has 1 aromatic carbocycles. The summed E-state index contributed by atoms with van der Waals surface area (Å²) in [5.41, 5.74) is 6.31. The molecule has 2 N–H and O–H groups in total. The highest BCUT2D eigenvalue weighted by atomic mass is 35.5. The van der Waals surface area contributed by atoms with Crippen molar-refractivity contribution < 1.29 is 14.0 Å². The molecule has 0 spiro atoms. The molecule has 23 heavy (non-hydrogen) atoms. The van der Waals surface area contributed by atoms with E-state index in [0.29, 0.717) is 36.2 Å². The van der Waals surface area contributed by atoms with Gasteiger partial charge < -0.3 is 15.1 Å². The maximum absolute atomic E-state index is 12.6. The van der Waals surface area contributed by atoms with E-state index in [4.69, 9.17) is 21.8 Å². The second-order valence-corrected chi connectivity index (χ2v) is 6.01. The Bertz CT molecular complexity index is 754. The van der Waals surface area contributed by atoms with Gasteiger partial charge in [0.15, 0.2) is 5.69 Å². The molecular formula is C16H16ClN3O3. The minimum absolute atomic E-state index is 0.241. The smallest absolute Gasteiger partial charge is 0.276 e. The van der Waals surface area contributed by atoms with Crippen molar-refractivity contribution in [1.82, 2.24) is 9.88 Å². The van der Waals surface area contributed by atoms with Crippen LogP contribution in [0.25, 0.3) is 11.5 Å². The highest BCUT2D eigenvalue weighted by Crippen LogP contribution is 2.25. The molecule has 0 unspecified atom stereocenters. The fraction of sp³-hybridized carbons (Fsp3) is 0.312. The zero-order valence-electron chi connectivity index (χ0n) is 12.6. The van der Waals surface area contributed by atoms with Gasteiger partial charge in [0.2, 0.25) is 11.8 Å². The quantitative estimate of drug-likeness (QED) is 0.932. The Balaban J connectivity index is 1.82. The molecule has 0 aliphatic carbocycles. The number of rotatable bonds is 3. The summed E-state index contributed by atoms with van der Waals surface area (Å²) in [6.07, 6.45) is 0.585. The third-order valence-electron chi connectivity index (χ3n) is 3.97. The van der Waals surface area contributed by atoms with Crippen molar-refractivity contribution in [2.24, 2.45) is 11.7 Å². The summed E-state index contributed by atoms with van der Waals surface area (Å²) in [6.45, 7) is 2.52. The van der Waals surface area contributed by atoms with Crippen molar-refractivity contribution in [3.05, 3.63) is 40.7 Å². The molecule has 120 valence electrons. The summed E-state index contributed by atoms with van der Waals surface area (Å²) >= 11 is 5.86. The summed E-state index contributed by atoms with van der Waals surface area (Å²) in [5, 5.41) is 0.614. The number of oxazole rings is 1. The number of primary amides is 1. The van der Waals surface area contributed by atoms with Gasteiger partial charge in [-0.1, -0.05) is 11.6 Å². The molecule has 1 aliphatic rings. The predicted molar refractivity (Wildman–Crippen MR) is 84.9 cm³/mol. The Kier molecular flexibility index (Phi) is 4.09. The second-order valence-electron chi connectivity index (χ2n) is 5.57. The van der Waals surface area contributed by atoms with Crippen LogP contribution in [0, 0.1) is 12.8 Å². The molecule has 2 amide bonds. The first-order valence-corrected chi connectivity index (χ1v) is 7.65. The van der Waals surface area contributed by atoms with Gasteiger partial charge in [-0.2, -0.15) is 0 Å². The lowest BCUT2D eigenvalue weighted by atomic mass is 10.1. The van der Waals surface area contributed by atoms with Gasteiger partial charge in [-0.3, -0.25) is 9.59 Å². The Morgan fingerprint density at radius 3 is 2.65 bits per heavy atom. The number of likely N-dealkylation sites (tertiary alicyclic amines) is 1. The Morgan fingerprint density at radius 1 is 1.35 bits per heavy atom. The van der Waals surface area contributed by atoms with Gasteiger partial charge in [-0.05, 0) is 37.6 Å². The summed E-state index contributed by atoms with van der Waals surface area (Å²) in [4.78, 5) is 29.7. The van der Waals surface area contributed by atoms with E-state index in [9.17, 15) is 9.59 Å². The molecule has 3 rings (SSSR count). The van der Waals surface area contributed by atoms with Crippen LogP contribution in [-0.2, 0) is 4.79 Å². The van der Waals surface area contributed by atoms with Crippen molar-refractivity contribution in [3.63, 3.8) is 0 Å². The molecule has 0 bridgehead atoms. The number of nitrogens with two attached hydrogens (primary N) is 1. The van der Waals surface area contributed by atoms with Crippen LogP contribution in [0.1, 0.15) is 22.7 Å². The maximum Gasteiger partial charge on any atom is 0.276 e. The number of hydrogen-bond acceptors (Lipinski definition) is 4. The number of aromatic nitrogens is 1. The molecule has 0 saturated carbocycles. The first-order chi connectivity index (χ1) is 11.0. The Labute approximate surface area is 138 Å². The van der Waals surface area contributed by atoms with Gasteiger partial charge in [-0.25, -0.2) is 4.98 Å². The second kappa shape index (κ2) is 6.04. The molecule has 0 radical (unpaired) electrons. The Hall–Kier alpha value is -2.34. The molecule has 7 heteroatoms. The number of halogens is 1. The normalized spacial score (nSPS) is 17.5. The number of carbonyl (C=O) groups is 2. The summed E-state index contributed by atoms with van der Waals surface area (Å²) in [7, 11) is 0. The lowest BCUT2D eigenvalue weighted by Crippen LogP contribution is -2.32. The van der Waals surface area contributed by atoms with Crippen LogP contribution in [-0.4, -0.2) is 34.8 Å². The highest BCUT2D eigenvalue weighted by molar-refractivity contribution is 6.30. The number of amides is 2. The molecule has 1 aromatic heterocycles. The number of nitrogens with zero attached hydrogens (tertiary/aromatic N) is 2. The molecule has 1 fully saturated rings. The van der Waals surface area contributed by atoms with Crippen molar-refractivity contribution in [1.29, 1.82) is 0 Å². The van der Waals surface area contributed by atoms with E-state index in [1.165, 1.54) is 0 Å². The topological polar surface area (TPSA) is 89.4 Å². The molecule has 1 atom stereocenters. The number of benzene rings is 1. The van der Waals surface area contributed by atoms with Gasteiger partial charge in [0.05, 0.1) is 5.92 Å². The standard InChI is InChI=1S/C16H16ClN3O3/c1-9-13(16(22)20-7-6-11(8-20)14(18)21)19-15(23-9)10-2-4-12(17)5-3-10/h2-5,11H,6-8H2,1H3,(H2,18,21)/t11-/m0/s1. The van der Waals surface area contributed by atoms with Gasteiger partial charge in [-0.15, -0.1) is 0 Å². The summed E-state index contributed by atoms with van der Waals surface area (Å²) in [6, 6.07) is 7.02. The zero-order valence-corrected chi connectivity index (χ0v) is 13.3. The van der Waals surface area contributed by atoms with Crippen LogP contribution in [0.15, 0.2) is 28.7 Å². The fourth-order valence-electron chi connectivity index (χ4n) is 2.64. The Morgan fingerprint density at radius 2 is 2.04 bits per heavy atom. The van der Waals surface area contributed by atoms with E-state index >= 15 is 0 Å². The largest absolute Gasteiger partial charge is 0.441 e. The van der Waals surface area contributed by atoms with Crippen molar-refractivity contribution in [2.45, 2.75) is 13.3 Å². The van der Waals surface area contributed by atoms with E-state index in [2.05, 4.69) is 4.98 Å². The van der Waals surface area contributed by atoms with E-state index in [-0.39, 0.29) is 23.4 Å². The van der Waals surface area contributed by atoms with Crippen LogP contribution in [0.4, 0.5) is 0 Å². The SMILES string of the molecule is Cc1oc(-c2ccc(Cl)cc2)nc1C(=O)N1CC[C@H](C(N)=O)C1. The maximum atomic E-state index is 12.6. The number of hydrogen-bond donors (Lipinski definition) is 1. The van der Waals surface area contributed by atoms with E-state index < -0.39 is 0 Å². The van der Waals surface area contributed by atoms with Crippen LogP contribution in [0.5, 0.6) is 0 Å². The van der Waals surface area contributed by atoms with Gasteiger partial charge in [0.25, 0.3) is 5.91 Å². The monoisotopic (exact) mass is 333 g/mol. The van der Waals surface area contributed by atoms with E-state index in [1.807, 2.05) is 0 Å². The third-order valence-corrected chi connectivity index (χ3v) is 4.22. The summed E-state index contributed by atoms with van der Waals surface area (Å²) < 4.78 is 5.60. The fourth-order valence-corrected chi connectivity index (χ4v) is 2.76. The van der Waals surface area contributed by atoms with Crippen LogP contribution >= 0.6 is 11.6 Å². The van der Waals surface area contributed by atoms with Crippen molar-refractivity contribution >= 4 is 23.4 Å². The molecule has 1 saturated heterocycles. The van der Waals surface area contributed by atoms with Crippen LogP contribution < -0.4 is 5.73 Å². The lowest BCUT2D eigenvalue weighted by Gasteiger charge is -2.14.